The second-order valence-corrected chi connectivity index (χ2v) is 6.21. The Morgan fingerprint density at radius 1 is 0.905 bits per heavy atom. The monoisotopic (exact) mass is 353 g/mol. The first-order valence-corrected chi connectivity index (χ1v) is 7.54. The Kier molecular flexibility index (Phi) is 4.79. The second kappa shape index (κ2) is 6.24. The molecule has 0 saturated carbocycles. The molecule has 0 aliphatic carbocycles. The van der Waals surface area contributed by atoms with E-state index in [2.05, 4.69) is 21.2 Å². The minimum atomic E-state index is -0.557. The van der Waals surface area contributed by atoms with Crippen LogP contribution >= 0.6 is 15.9 Å². The highest BCUT2D eigenvalue weighted by Gasteiger charge is 2.23. The SMILES string of the molecule is CNC(c1cc(C)c(C)cc1C)c1c(F)cc(Br)cc1F. The average molecular weight is 354 g/mol. The van der Waals surface area contributed by atoms with E-state index in [1.807, 2.05) is 32.9 Å². The van der Waals surface area contributed by atoms with Crippen molar-refractivity contribution >= 4 is 15.9 Å². The predicted molar refractivity (Wildman–Crippen MR) is 85.6 cm³/mol. The van der Waals surface area contributed by atoms with E-state index >= 15 is 0 Å². The van der Waals surface area contributed by atoms with Crippen molar-refractivity contribution in [1.82, 2.24) is 5.32 Å². The van der Waals surface area contributed by atoms with Gasteiger partial charge in [0, 0.05) is 10.0 Å². The van der Waals surface area contributed by atoms with Gasteiger partial charge in [0.05, 0.1) is 6.04 Å². The number of hydrogen-bond donors (Lipinski definition) is 1. The summed E-state index contributed by atoms with van der Waals surface area (Å²) in [4.78, 5) is 0. The van der Waals surface area contributed by atoms with Gasteiger partial charge in [-0.05, 0) is 62.2 Å². The highest BCUT2D eigenvalue weighted by atomic mass is 79.9. The minimum absolute atomic E-state index is 0.0482. The van der Waals surface area contributed by atoms with Crippen LogP contribution in [-0.4, -0.2) is 7.05 Å². The molecule has 0 fully saturated rings. The first kappa shape index (κ1) is 16.1. The molecule has 0 spiro atoms. The van der Waals surface area contributed by atoms with Gasteiger partial charge in [0.1, 0.15) is 11.6 Å². The van der Waals surface area contributed by atoms with E-state index in [1.54, 1.807) is 7.05 Å². The second-order valence-electron chi connectivity index (χ2n) is 5.30. The summed E-state index contributed by atoms with van der Waals surface area (Å²) in [5, 5.41) is 3.03. The maximum absolute atomic E-state index is 14.2. The Morgan fingerprint density at radius 3 is 1.95 bits per heavy atom. The van der Waals surface area contributed by atoms with Gasteiger partial charge in [0.2, 0.25) is 0 Å². The Morgan fingerprint density at radius 2 is 1.43 bits per heavy atom. The quantitative estimate of drug-likeness (QED) is 0.821. The third-order valence-corrected chi connectivity index (χ3v) is 4.27. The van der Waals surface area contributed by atoms with Crippen LogP contribution in [0.3, 0.4) is 0 Å². The largest absolute Gasteiger partial charge is 0.309 e. The van der Waals surface area contributed by atoms with Crippen LogP contribution in [0.1, 0.15) is 33.9 Å². The molecule has 1 N–H and O–H groups in total. The lowest BCUT2D eigenvalue weighted by Gasteiger charge is -2.22. The Hall–Kier alpha value is -1.26. The molecule has 0 aliphatic rings. The van der Waals surface area contributed by atoms with Crippen molar-refractivity contribution < 1.29 is 8.78 Å². The van der Waals surface area contributed by atoms with Gasteiger partial charge in [-0.2, -0.15) is 0 Å². The molecule has 0 aromatic heterocycles. The van der Waals surface area contributed by atoms with Crippen LogP contribution in [0.25, 0.3) is 0 Å². The Labute approximate surface area is 132 Å². The fourth-order valence-electron chi connectivity index (χ4n) is 2.58. The van der Waals surface area contributed by atoms with Crippen molar-refractivity contribution in [3.05, 3.63) is 68.2 Å². The highest BCUT2D eigenvalue weighted by molar-refractivity contribution is 9.10. The van der Waals surface area contributed by atoms with Crippen LogP contribution in [0.2, 0.25) is 0 Å². The lowest BCUT2D eigenvalue weighted by atomic mass is 9.91. The summed E-state index contributed by atoms with van der Waals surface area (Å²) in [6.07, 6.45) is 0. The third kappa shape index (κ3) is 3.16. The van der Waals surface area contributed by atoms with Crippen molar-refractivity contribution in [3.8, 4) is 0 Å². The fourth-order valence-corrected chi connectivity index (χ4v) is 2.98. The smallest absolute Gasteiger partial charge is 0.132 e. The molecule has 2 aromatic rings. The van der Waals surface area contributed by atoms with Gasteiger partial charge in [-0.25, -0.2) is 8.78 Å². The molecule has 2 rings (SSSR count). The molecule has 0 radical (unpaired) electrons. The molecule has 2 aromatic carbocycles. The first-order valence-electron chi connectivity index (χ1n) is 6.74. The highest BCUT2D eigenvalue weighted by Crippen LogP contribution is 2.31. The van der Waals surface area contributed by atoms with E-state index in [0.29, 0.717) is 4.47 Å². The first-order chi connectivity index (χ1) is 9.85. The summed E-state index contributed by atoms with van der Waals surface area (Å²) < 4.78 is 28.9. The normalized spacial score (nSPS) is 12.5. The van der Waals surface area contributed by atoms with Crippen molar-refractivity contribution in [2.75, 3.05) is 7.05 Å². The standard InChI is InChI=1S/C17H18BrF2N/c1-9-5-11(3)13(6-10(9)2)17(21-4)16-14(19)7-12(18)8-15(16)20/h5-8,17,21H,1-4H3. The average Bonchev–Trinajstić information content (AvgIpc) is 2.38. The number of nitrogens with one attached hydrogen (secondary N) is 1. The van der Waals surface area contributed by atoms with E-state index in [9.17, 15) is 8.78 Å². The summed E-state index contributed by atoms with van der Waals surface area (Å²) in [5.74, 6) is -1.11. The zero-order valence-electron chi connectivity index (χ0n) is 12.5. The summed E-state index contributed by atoms with van der Waals surface area (Å²) in [6.45, 7) is 5.99. The molecular weight excluding hydrogens is 336 g/mol. The van der Waals surface area contributed by atoms with Crippen molar-refractivity contribution in [2.24, 2.45) is 0 Å². The fraction of sp³-hybridized carbons (Fsp3) is 0.294. The van der Waals surface area contributed by atoms with Gasteiger partial charge in [-0.15, -0.1) is 0 Å². The van der Waals surface area contributed by atoms with E-state index in [0.717, 1.165) is 16.7 Å². The minimum Gasteiger partial charge on any atom is -0.309 e. The molecule has 0 heterocycles. The number of hydrogen-bond acceptors (Lipinski definition) is 1. The van der Waals surface area contributed by atoms with Gasteiger partial charge >= 0.3 is 0 Å². The van der Waals surface area contributed by atoms with Gasteiger partial charge < -0.3 is 5.32 Å². The van der Waals surface area contributed by atoms with Crippen molar-refractivity contribution in [3.63, 3.8) is 0 Å². The zero-order chi connectivity index (χ0) is 15.7. The Bertz CT molecular complexity index is 660. The van der Waals surface area contributed by atoms with Crippen LogP contribution in [0.5, 0.6) is 0 Å². The van der Waals surface area contributed by atoms with E-state index in [4.69, 9.17) is 0 Å². The maximum atomic E-state index is 14.2. The Balaban J connectivity index is 2.63. The maximum Gasteiger partial charge on any atom is 0.132 e. The van der Waals surface area contributed by atoms with Crippen molar-refractivity contribution in [1.29, 1.82) is 0 Å². The molecule has 112 valence electrons. The predicted octanol–water partition coefficient (Wildman–Crippen LogP) is 4.96. The molecular formula is C17H18BrF2N. The lowest BCUT2D eigenvalue weighted by molar-refractivity contribution is 0.520. The summed E-state index contributed by atoms with van der Waals surface area (Å²) >= 11 is 3.11. The van der Waals surface area contributed by atoms with Gasteiger partial charge in [-0.1, -0.05) is 28.1 Å². The van der Waals surface area contributed by atoms with Crippen molar-refractivity contribution in [2.45, 2.75) is 26.8 Å². The number of halogens is 3. The summed E-state index contributed by atoms with van der Waals surface area (Å²) in [5.41, 5.74) is 4.23. The van der Waals surface area contributed by atoms with Crippen LogP contribution in [0.15, 0.2) is 28.7 Å². The molecule has 1 nitrogen and oxygen atoms in total. The molecule has 0 aliphatic heterocycles. The molecule has 1 unspecified atom stereocenters. The number of rotatable bonds is 3. The summed E-state index contributed by atoms with van der Waals surface area (Å²) in [6, 6.07) is 6.10. The van der Waals surface area contributed by atoms with Crippen LogP contribution in [0.4, 0.5) is 8.78 Å². The van der Waals surface area contributed by atoms with E-state index < -0.39 is 17.7 Å². The zero-order valence-corrected chi connectivity index (χ0v) is 14.1. The summed E-state index contributed by atoms with van der Waals surface area (Å²) in [7, 11) is 1.71. The molecule has 0 bridgehead atoms. The topological polar surface area (TPSA) is 12.0 Å². The van der Waals surface area contributed by atoms with Gasteiger partial charge in [0.25, 0.3) is 0 Å². The van der Waals surface area contributed by atoms with E-state index in [1.165, 1.54) is 17.7 Å². The number of benzene rings is 2. The van der Waals surface area contributed by atoms with Gasteiger partial charge in [-0.3, -0.25) is 0 Å². The molecule has 1 atom stereocenters. The molecule has 0 saturated heterocycles. The molecule has 0 amide bonds. The number of aryl methyl sites for hydroxylation is 3. The molecule has 21 heavy (non-hydrogen) atoms. The van der Waals surface area contributed by atoms with Crippen LogP contribution in [-0.2, 0) is 0 Å². The van der Waals surface area contributed by atoms with Gasteiger partial charge in [0.15, 0.2) is 0 Å². The lowest BCUT2D eigenvalue weighted by Crippen LogP contribution is -2.21. The molecule has 4 heteroatoms. The van der Waals surface area contributed by atoms with Crippen LogP contribution in [0, 0.1) is 32.4 Å². The van der Waals surface area contributed by atoms with Crippen LogP contribution < -0.4 is 5.32 Å². The third-order valence-electron chi connectivity index (χ3n) is 3.81. The van der Waals surface area contributed by atoms with E-state index in [-0.39, 0.29) is 5.56 Å².